The van der Waals surface area contributed by atoms with E-state index in [2.05, 4.69) is 69.0 Å². The van der Waals surface area contributed by atoms with Gasteiger partial charge in [-0.15, -0.1) is 0 Å². The van der Waals surface area contributed by atoms with Crippen LogP contribution in [0, 0.1) is 0 Å². The van der Waals surface area contributed by atoms with Crippen molar-refractivity contribution in [3.8, 4) is 22.6 Å². The lowest BCUT2D eigenvalue weighted by Crippen LogP contribution is -2.42. The van der Waals surface area contributed by atoms with Gasteiger partial charge in [-0.05, 0) is 84.6 Å². The van der Waals surface area contributed by atoms with Gasteiger partial charge >= 0.3 is 6.03 Å². The Kier molecular flexibility index (Phi) is 10.2. The van der Waals surface area contributed by atoms with Crippen LogP contribution in [-0.4, -0.2) is 73.1 Å². The zero-order chi connectivity index (χ0) is 30.0. The van der Waals surface area contributed by atoms with E-state index < -0.39 is 0 Å². The van der Waals surface area contributed by atoms with Crippen molar-refractivity contribution in [1.29, 1.82) is 0 Å². The topological polar surface area (TPSA) is 60.1 Å². The molecule has 2 aliphatic rings. The van der Waals surface area contributed by atoms with Crippen LogP contribution in [0.1, 0.15) is 24.0 Å². The van der Waals surface area contributed by atoms with Crippen molar-refractivity contribution in [1.82, 2.24) is 20.0 Å². The number of amides is 2. The van der Waals surface area contributed by atoms with Gasteiger partial charge in [0.25, 0.3) is 0 Å². The number of para-hydroxylation sites is 1. The fourth-order valence-corrected chi connectivity index (χ4v) is 5.91. The molecular weight excluding hydrogens is 546 g/mol. The normalized spacial score (nSPS) is 15.6. The third-order valence-corrected chi connectivity index (χ3v) is 8.49. The molecule has 4 aromatic rings. The number of hydrogen-bond acceptors (Lipinski definition) is 5. The zero-order valence-corrected chi connectivity index (χ0v) is 25.5. The van der Waals surface area contributed by atoms with E-state index in [9.17, 15) is 4.79 Å². The zero-order valence-electron chi connectivity index (χ0n) is 25.5. The number of nitrogens with zero attached hydrogens (tertiary/aromatic N) is 3. The number of hydrogen-bond donors (Lipinski definition) is 2. The average Bonchev–Trinajstić information content (AvgIpc) is 3.59. The minimum Gasteiger partial charge on any atom is -0.457 e. The minimum atomic E-state index is -0.0925. The van der Waals surface area contributed by atoms with Crippen molar-refractivity contribution >= 4 is 11.7 Å². The van der Waals surface area contributed by atoms with Crippen LogP contribution in [-0.2, 0) is 13.1 Å². The number of likely N-dealkylation sites (tertiary alicyclic amines) is 1. The van der Waals surface area contributed by atoms with E-state index in [1.165, 1.54) is 29.5 Å². The molecule has 0 saturated carbocycles. The number of carbonyl (C=O) groups is 1. The van der Waals surface area contributed by atoms with Crippen molar-refractivity contribution < 1.29 is 9.53 Å². The summed E-state index contributed by atoms with van der Waals surface area (Å²) < 4.78 is 5.91. The average molecular weight is 590 g/mol. The third-order valence-electron chi connectivity index (χ3n) is 8.49. The summed E-state index contributed by atoms with van der Waals surface area (Å²) in [6, 6.07) is 34.7. The molecule has 2 amide bonds. The number of urea groups is 1. The molecule has 0 aromatic heterocycles. The fourth-order valence-electron chi connectivity index (χ4n) is 5.91. The molecule has 228 valence electrons. The van der Waals surface area contributed by atoms with E-state index in [1.54, 1.807) is 0 Å². The number of rotatable bonds is 11. The SMILES string of the molecule is O=C(Nc1ccc(Oc2ccccc2)cc1)N(CCN1CCCC1)Cc1ccc(-c2ccc(CN3CCNCC3)cc2)cc1. The van der Waals surface area contributed by atoms with E-state index in [1.807, 2.05) is 59.5 Å². The van der Waals surface area contributed by atoms with Crippen LogP contribution >= 0.6 is 0 Å². The second-order valence-corrected chi connectivity index (χ2v) is 11.8. The first-order valence-corrected chi connectivity index (χ1v) is 15.9. The Morgan fingerprint density at radius 2 is 1.32 bits per heavy atom. The predicted molar refractivity (Wildman–Crippen MR) is 178 cm³/mol. The highest BCUT2D eigenvalue weighted by Gasteiger charge is 2.18. The van der Waals surface area contributed by atoms with Gasteiger partial charge in [-0.1, -0.05) is 66.7 Å². The molecule has 2 heterocycles. The standard InChI is InChI=1S/C37H43N5O2/c43-37(39-34-16-18-36(19-17-34)44-35-6-2-1-3-7-35)42(27-26-40-22-4-5-23-40)29-31-10-14-33(15-11-31)32-12-8-30(9-13-32)28-41-24-20-38-21-25-41/h1-3,6-19,38H,4-5,20-29H2,(H,39,43). The lowest BCUT2D eigenvalue weighted by Gasteiger charge is -2.27. The number of carbonyl (C=O) groups excluding carboxylic acids is 1. The molecule has 7 heteroatoms. The quantitative estimate of drug-likeness (QED) is 0.204. The van der Waals surface area contributed by atoms with Gasteiger partial charge in [0.1, 0.15) is 11.5 Å². The Hall–Kier alpha value is -4.17. The van der Waals surface area contributed by atoms with E-state index >= 15 is 0 Å². The monoisotopic (exact) mass is 589 g/mol. The van der Waals surface area contributed by atoms with Crippen molar-refractivity contribution in [2.24, 2.45) is 0 Å². The summed E-state index contributed by atoms with van der Waals surface area (Å²) in [6.45, 7) is 9.69. The third kappa shape index (κ3) is 8.47. The molecule has 6 rings (SSSR count). The lowest BCUT2D eigenvalue weighted by atomic mass is 10.0. The van der Waals surface area contributed by atoms with Gasteiger partial charge in [0.15, 0.2) is 0 Å². The molecule has 0 aliphatic carbocycles. The van der Waals surface area contributed by atoms with Crippen LogP contribution in [0.5, 0.6) is 11.5 Å². The second-order valence-electron chi connectivity index (χ2n) is 11.8. The van der Waals surface area contributed by atoms with Gasteiger partial charge in [0, 0.05) is 58.0 Å². The van der Waals surface area contributed by atoms with Gasteiger partial charge in [-0.3, -0.25) is 4.90 Å². The van der Waals surface area contributed by atoms with E-state index in [4.69, 9.17) is 4.74 Å². The minimum absolute atomic E-state index is 0.0925. The first-order chi connectivity index (χ1) is 21.7. The van der Waals surface area contributed by atoms with E-state index in [0.29, 0.717) is 13.1 Å². The summed E-state index contributed by atoms with van der Waals surface area (Å²) >= 11 is 0. The number of piperazine rings is 1. The first kappa shape index (κ1) is 29.9. The van der Waals surface area contributed by atoms with E-state index in [-0.39, 0.29) is 6.03 Å². The lowest BCUT2D eigenvalue weighted by molar-refractivity contribution is 0.198. The molecule has 2 fully saturated rings. The molecule has 0 atom stereocenters. The number of nitrogens with one attached hydrogen (secondary N) is 2. The van der Waals surface area contributed by atoms with Gasteiger partial charge in [-0.25, -0.2) is 4.79 Å². The van der Waals surface area contributed by atoms with Gasteiger partial charge in [-0.2, -0.15) is 0 Å². The maximum Gasteiger partial charge on any atom is 0.322 e. The Morgan fingerprint density at radius 3 is 1.98 bits per heavy atom. The Labute approximate surface area is 261 Å². The number of benzene rings is 4. The van der Waals surface area contributed by atoms with Crippen LogP contribution < -0.4 is 15.4 Å². The Balaban J connectivity index is 1.08. The van der Waals surface area contributed by atoms with Crippen LogP contribution in [0.25, 0.3) is 11.1 Å². The molecule has 2 aliphatic heterocycles. The maximum absolute atomic E-state index is 13.5. The van der Waals surface area contributed by atoms with E-state index in [0.717, 1.165) is 75.1 Å². The largest absolute Gasteiger partial charge is 0.457 e. The Morgan fingerprint density at radius 1 is 0.705 bits per heavy atom. The van der Waals surface area contributed by atoms with Crippen LogP contribution in [0.2, 0.25) is 0 Å². The molecule has 0 radical (unpaired) electrons. The first-order valence-electron chi connectivity index (χ1n) is 15.9. The van der Waals surface area contributed by atoms with Gasteiger partial charge in [0.2, 0.25) is 0 Å². The summed E-state index contributed by atoms with van der Waals surface area (Å²) in [5, 5.41) is 6.53. The summed E-state index contributed by atoms with van der Waals surface area (Å²) in [5.74, 6) is 1.51. The smallest absolute Gasteiger partial charge is 0.322 e. The molecule has 0 bridgehead atoms. The van der Waals surface area contributed by atoms with Crippen molar-refractivity contribution in [2.45, 2.75) is 25.9 Å². The molecule has 7 nitrogen and oxygen atoms in total. The molecular formula is C37H43N5O2. The van der Waals surface area contributed by atoms with Crippen molar-refractivity contribution in [3.63, 3.8) is 0 Å². The fraction of sp³-hybridized carbons (Fsp3) is 0.324. The molecule has 44 heavy (non-hydrogen) atoms. The van der Waals surface area contributed by atoms with Gasteiger partial charge in [0.05, 0.1) is 0 Å². The maximum atomic E-state index is 13.5. The van der Waals surface area contributed by atoms with Crippen LogP contribution in [0.3, 0.4) is 0 Å². The highest BCUT2D eigenvalue weighted by Crippen LogP contribution is 2.24. The van der Waals surface area contributed by atoms with Crippen molar-refractivity contribution in [2.75, 3.05) is 57.7 Å². The number of ether oxygens (including phenoxy) is 1. The summed E-state index contributed by atoms with van der Waals surface area (Å²) in [6.07, 6.45) is 2.48. The molecule has 2 saturated heterocycles. The molecule has 4 aromatic carbocycles. The Bertz CT molecular complexity index is 1450. The number of anilines is 1. The van der Waals surface area contributed by atoms with Crippen molar-refractivity contribution in [3.05, 3.63) is 114 Å². The van der Waals surface area contributed by atoms with Gasteiger partial charge < -0.3 is 25.2 Å². The summed E-state index contributed by atoms with van der Waals surface area (Å²) in [7, 11) is 0. The summed E-state index contributed by atoms with van der Waals surface area (Å²) in [4.78, 5) is 20.4. The predicted octanol–water partition coefficient (Wildman–Crippen LogP) is 6.68. The summed E-state index contributed by atoms with van der Waals surface area (Å²) in [5.41, 5.74) is 5.62. The molecule has 0 spiro atoms. The highest BCUT2D eigenvalue weighted by molar-refractivity contribution is 5.89. The van der Waals surface area contributed by atoms with Crippen LogP contribution in [0.15, 0.2) is 103 Å². The molecule has 0 unspecified atom stereocenters. The highest BCUT2D eigenvalue weighted by atomic mass is 16.5. The molecule has 2 N–H and O–H groups in total. The second kappa shape index (κ2) is 15.0. The van der Waals surface area contributed by atoms with Crippen LogP contribution in [0.4, 0.5) is 10.5 Å².